The van der Waals surface area contributed by atoms with E-state index in [4.69, 9.17) is 10.5 Å². The molecular weight excluding hydrogens is 444 g/mol. The highest BCUT2D eigenvalue weighted by Gasteiger charge is 2.27. The van der Waals surface area contributed by atoms with Gasteiger partial charge >= 0.3 is 6.09 Å². The number of nitrogens with zero attached hydrogens (tertiary/aromatic N) is 2. The number of benzene rings is 1. The molecule has 0 fully saturated rings. The molecule has 0 bridgehead atoms. The van der Waals surface area contributed by atoms with Crippen LogP contribution in [0.4, 0.5) is 4.79 Å². The molecule has 0 aliphatic heterocycles. The lowest BCUT2D eigenvalue weighted by Crippen LogP contribution is -2.44. The zero-order valence-corrected chi connectivity index (χ0v) is 20.8. The molecule has 0 spiro atoms. The molecule has 0 aromatic heterocycles. The van der Waals surface area contributed by atoms with Crippen molar-refractivity contribution in [1.29, 1.82) is 0 Å². The summed E-state index contributed by atoms with van der Waals surface area (Å²) in [5.41, 5.74) is 5.70. The minimum atomic E-state index is -3.30. The van der Waals surface area contributed by atoms with Gasteiger partial charge in [-0.3, -0.25) is 0 Å². The highest BCUT2D eigenvalue weighted by Crippen LogP contribution is 2.14. The van der Waals surface area contributed by atoms with Crippen LogP contribution in [-0.2, 0) is 31.4 Å². The van der Waals surface area contributed by atoms with Gasteiger partial charge in [0.25, 0.3) is 0 Å². The van der Waals surface area contributed by atoms with Crippen molar-refractivity contribution in [3.05, 3.63) is 35.9 Å². The van der Waals surface area contributed by atoms with Crippen molar-refractivity contribution < 1.29 is 26.4 Å². The van der Waals surface area contributed by atoms with E-state index < -0.39 is 26.1 Å². The molecule has 3 N–H and O–H groups in total. The first-order valence-corrected chi connectivity index (χ1v) is 12.9. The predicted octanol–water partition coefficient (Wildman–Crippen LogP) is 0.809. The van der Waals surface area contributed by atoms with Gasteiger partial charge in [-0.25, -0.2) is 25.9 Å². The second-order valence-corrected chi connectivity index (χ2v) is 12.3. The summed E-state index contributed by atoms with van der Waals surface area (Å²) in [5, 5.41) is 2.40. The Hall–Kier alpha value is -1.73. The second-order valence-electron chi connectivity index (χ2n) is 7.83. The fourth-order valence-corrected chi connectivity index (χ4v) is 4.07. The van der Waals surface area contributed by atoms with E-state index in [1.165, 1.54) is 18.4 Å². The van der Waals surface area contributed by atoms with Crippen LogP contribution in [0.3, 0.4) is 0 Å². The zero-order chi connectivity index (χ0) is 24.3. The van der Waals surface area contributed by atoms with Gasteiger partial charge in [-0.05, 0) is 26.3 Å². The Kier molecular flexibility index (Phi) is 12.2. The fourth-order valence-electron chi connectivity index (χ4n) is 1.94. The van der Waals surface area contributed by atoms with Crippen molar-refractivity contribution in [2.45, 2.75) is 32.9 Å². The third-order valence-corrected chi connectivity index (χ3v) is 8.10. The molecule has 0 atom stereocenters. The van der Waals surface area contributed by atoms with Gasteiger partial charge in [-0.2, -0.15) is 4.31 Å². The van der Waals surface area contributed by atoms with Crippen LogP contribution in [0.5, 0.6) is 0 Å². The van der Waals surface area contributed by atoms with Crippen molar-refractivity contribution in [1.82, 2.24) is 13.9 Å². The van der Waals surface area contributed by atoms with Crippen molar-refractivity contribution in [3.8, 4) is 0 Å². The minimum absolute atomic E-state index is 0.0147. The molecule has 0 aliphatic rings. The van der Waals surface area contributed by atoms with Crippen molar-refractivity contribution in [3.63, 3.8) is 0 Å². The Morgan fingerprint density at radius 3 is 2.00 bits per heavy atom. The van der Waals surface area contributed by atoms with Gasteiger partial charge in [-0.1, -0.05) is 30.3 Å². The van der Waals surface area contributed by atoms with Gasteiger partial charge in [0.1, 0.15) is 6.61 Å². The van der Waals surface area contributed by atoms with Gasteiger partial charge in [-0.15, -0.1) is 0 Å². The Morgan fingerprint density at radius 2 is 1.55 bits per heavy atom. The average molecular weight is 481 g/mol. The van der Waals surface area contributed by atoms with Crippen molar-refractivity contribution in [2.75, 3.05) is 45.7 Å². The summed E-state index contributed by atoms with van der Waals surface area (Å²) in [4.78, 5) is 11.3. The van der Waals surface area contributed by atoms with Crippen molar-refractivity contribution in [2.24, 2.45) is 5.73 Å². The highest BCUT2D eigenvalue weighted by molar-refractivity contribution is 7.89. The number of amides is 1. The molecule has 1 rings (SSSR count). The largest absolute Gasteiger partial charge is 0.445 e. The number of hydrogen-bond donors (Lipinski definition) is 2. The average Bonchev–Trinajstić information content (AvgIpc) is 2.66. The summed E-state index contributed by atoms with van der Waals surface area (Å²) >= 11 is 0. The van der Waals surface area contributed by atoms with Crippen LogP contribution in [0.15, 0.2) is 30.3 Å². The molecule has 12 heteroatoms. The number of ether oxygens (including phenoxy) is 1. The number of hydrogen-bond acceptors (Lipinski definition) is 7. The normalized spacial score (nSPS) is 12.3. The molecule has 0 radical (unpaired) electrons. The number of carbonyl (C=O) groups is 1. The van der Waals surface area contributed by atoms with E-state index >= 15 is 0 Å². The minimum Gasteiger partial charge on any atom is -0.445 e. The molecule has 0 unspecified atom stereocenters. The summed E-state index contributed by atoms with van der Waals surface area (Å²) in [6.45, 7) is 5.90. The summed E-state index contributed by atoms with van der Waals surface area (Å²) in [7, 11) is -1.99. The number of nitrogens with two attached hydrogens (primary N) is 1. The molecule has 1 aromatic carbocycles. The van der Waals surface area contributed by atoms with E-state index in [-0.39, 0.29) is 36.7 Å². The van der Waals surface area contributed by atoms with Crippen LogP contribution in [-0.4, -0.2) is 82.8 Å². The van der Waals surface area contributed by atoms with Crippen LogP contribution < -0.4 is 11.1 Å². The van der Waals surface area contributed by atoms with Gasteiger partial charge in [0.05, 0.1) is 11.5 Å². The van der Waals surface area contributed by atoms with Crippen LogP contribution >= 0.6 is 0 Å². The number of carbonyl (C=O) groups excluding carboxylic acids is 1. The second kappa shape index (κ2) is 13.0. The van der Waals surface area contributed by atoms with E-state index in [0.29, 0.717) is 0 Å². The highest BCUT2D eigenvalue weighted by atomic mass is 32.2. The standard InChI is InChI=1S/C12H18N2O4S.C7H18N2O2S/c1-14(2)19(16,17)9-8-13-12(15)18-10-11-6-4-3-5-7-11;1-7(2,3)9(4)12(10,11)6-5-8/h3-7H,8-10H2,1-2H3,(H,13,15);5-6,8H2,1-4H3. The molecule has 10 nitrogen and oxygen atoms in total. The Labute approximate surface area is 186 Å². The van der Waals surface area contributed by atoms with Gasteiger partial charge in [0.15, 0.2) is 0 Å². The first kappa shape index (κ1) is 29.3. The van der Waals surface area contributed by atoms with E-state index in [0.717, 1.165) is 9.87 Å². The molecule has 180 valence electrons. The van der Waals surface area contributed by atoms with Crippen LogP contribution in [0.25, 0.3) is 0 Å². The topological polar surface area (TPSA) is 139 Å². The van der Waals surface area contributed by atoms with Crippen LogP contribution in [0, 0.1) is 0 Å². The third-order valence-electron chi connectivity index (χ3n) is 4.14. The molecule has 1 aromatic rings. The molecule has 0 aliphatic carbocycles. The van der Waals surface area contributed by atoms with Gasteiger partial charge in [0.2, 0.25) is 20.0 Å². The SMILES string of the molecule is CN(C(C)(C)C)S(=O)(=O)CCN.CN(C)S(=O)(=O)CCNC(=O)OCc1ccccc1. The lowest BCUT2D eigenvalue weighted by Gasteiger charge is -2.30. The third kappa shape index (κ3) is 12.0. The number of alkyl carbamates (subject to hydrolysis) is 1. The maximum Gasteiger partial charge on any atom is 0.407 e. The lowest BCUT2D eigenvalue weighted by molar-refractivity contribution is 0.140. The number of sulfonamides is 2. The first-order valence-electron chi connectivity index (χ1n) is 9.65. The molecule has 0 saturated heterocycles. The lowest BCUT2D eigenvalue weighted by atomic mass is 10.1. The fraction of sp³-hybridized carbons (Fsp3) is 0.632. The van der Waals surface area contributed by atoms with Gasteiger partial charge in [0, 0.05) is 39.8 Å². The van der Waals surface area contributed by atoms with E-state index in [9.17, 15) is 21.6 Å². The predicted molar refractivity (Wildman–Crippen MR) is 122 cm³/mol. The zero-order valence-electron chi connectivity index (χ0n) is 19.2. The smallest absolute Gasteiger partial charge is 0.407 e. The van der Waals surface area contributed by atoms with Crippen LogP contribution in [0.2, 0.25) is 0 Å². The number of nitrogens with one attached hydrogen (secondary N) is 1. The Balaban J connectivity index is 0.000000649. The molecule has 0 saturated carbocycles. The molecule has 0 heterocycles. The van der Waals surface area contributed by atoms with Crippen molar-refractivity contribution >= 4 is 26.1 Å². The maximum atomic E-state index is 11.4. The number of rotatable bonds is 9. The van der Waals surface area contributed by atoms with E-state index in [1.807, 2.05) is 51.1 Å². The summed E-state index contributed by atoms with van der Waals surface area (Å²) in [6, 6.07) is 9.24. The summed E-state index contributed by atoms with van der Waals surface area (Å²) in [6.07, 6.45) is -0.627. The monoisotopic (exact) mass is 480 g/mol. The summed E-state index contributed by atoms with van der Waals surface area (Å²) < 4.78 is 53.1. The molecular formula is C19H36N4O6S2. The van der Waals surface area contributed by atoms with E-state index in [2.05, 4.69) is 5.32 Å². The Morgan fingerprint density at radius 1 is 1.00 bits per heavy atom. The summed E-state index contributed by atoms with van der Waals surface area (Å²) in [5.74, 6) is -0.138. The first-order chi connectivity index (χ1) is 14.1. The van der Waals surface area contributed by atoms with E-state index in [1.54, 1.807) is 7.05 Å². The van der Waals surface area contributed by atoms with Crippen LogP contribution in [0.1, 0.15) is 26.3 Å². The quantitative estimate of drug-likeness (QED) is 0.533. The Bertz CT molecular complexity index is 866. The van der Waals surface area contributed by atoms with Gasteiger partial charge < -0.3 is 15.8 Å². The molecule has 31 heavy (non-hydrogen) atoms. The maximum absolute atomic E-state index is 11.4. The molecule has 1 amide bonds.